The second-order valence-electron chi connectivity index (χ2n) is 16.3. The summed E-state index contributed by atoms with van der Waals surface area (Å²) >= 11 is 0. The van der Waals surface area contributed by atoms with Crippen molar-refractivity contribution >= 4 is 19.8 Å². The molecule has 0 amide bonds. The zero-order valence-corrected chi connectivity index (χ0v) is 37.6. The summed E-state index contributed by atoms with van der Waals surface area (Å²) in [7, 11) is 0.947. The molecule has 1 saturated carbocycles. The van der Waals surface area contributed by atoms with E-state index in [1.165, 1.54) is 19.3 Å². The van der Waals surface area contributed by atoms with Crippen LogP contribution >= 0.6 is 7.82 Å². The van der Waals surface area contributed by atoms with Gasteiger partial charge in [-0.1, -0.05) is 119 Å². The highest BCUT2D eigenvalue weighted by molar-refractivity contribution is 7.45. The summed E-state index contributed by atoms with van der Waals surface area (Å²) in [5.41, 5.74) is 0. The van der Waals surface area contributed by atoms with Crippen molar-refractivity contribution in [3.63, 3.8) is 0 Å². The number of likely N-dealkylation sites (N-methyl/N-ethyl adjacent to an activating group) is 1. The van der Waals surface area contributed by atoms with E-state index in [1.807, 2.05) is 33.3 Å². The van der Waals surface area contributed by atoms with E-state index in [1.54, 1.807) is 24.3 Å². The Kier molecular flexibility index (Phi) is 30.4. The molecule has 7 atom stereocenters. The Balaban J connectivity index is 2.61. The molecule has 1 unspecified atom stereocenters. The van der Waals surface area contributed by atoms with E-state index in [9.17, 15) is 34.4 Å². The van der Waals surface area contributed by atoms with E-state index >= 15 is 0 Å². The number of phosphoric acid groups is 1. The first-order valence-electron chi connectivity index (χ1n) is 21.9. The molecule has 338 valence electrons. The van der Waals surface area contributed by atoms with Crippen molar-refractivity contribution in [1.82, 2.24) is 0 Å². The Morgan fingerprint density at radius 2 is 1.39 bits per heavy atom. The molecule has 1 rings (SSSR count). The number of rotatable bonds is 34. The van der Waals surface area contributed by atoms with E-state index in [0.29, 0.717) is 36.7 Å². The Bertz CT molecular complexity index is 1350. The maximum atomic E-state index is 12.7. The van der Waals surface area contributed by atoms with E-state index in [2.05, 4.69) is 50.3 Å². The van der Waals surface area contributed by atoms with E-state index in [-0.39, 0.29) is 37.7 Å². The van der Waals surface area contributed by atoms with E-state index in [0.717, 1.165) is 44.9 Å². The van der Waals surface area contributed by atoms with Gasteiger partial charge in [0.25, 0.3) is 7.82 Å². The van der Waals surface area contributed by atoms with Crippen molar-refractivity contribution in [3.05, 3.63) is 72.9 Å². The summed E-state index contributed by atoms with van der Waals surface area (Å²) in [4.78, 5) is 37.8. The predicted octanol–water partition coefficient (Wildman–Crippen LogP) is 7.99. The quantitative estimate of drug-likeness (QED) is 0.0188. The van der Waals surface area contributed by atoms with Crippen molar-refractivity contribution in [1.29, 1.82) is 0 Å². The van der Waals surface area contributed by atoms with Crippen molar-refractivity contribution in [2.45, 2.75) is 147 Å². The molecule has 0 aromatic heterocycles. The molecule has 13 heteroatoms. The highest BCUT2D eigenvalue weighted by atomic mass is 31.2. The number of phosphoric ester groups is 1. The molecule has 12 nitrogen and oxygen atoms in total. The van der Waals surface area contributed by atoms with Gasteiger partial charge < -0.3 is 43.2 Å². The van der Waals surface area contributed by atoms with Crippen LogP contribution in [0.4, 0.5) is 0 Å². The molecular formula is C46H78NO11P. The standard InChI is InChI=1S/C46H78NO11P/c1-6-8-10-11-12-13-14-15-16-17-18-19-20-21-22-23-25-31-46(52)58-40(38-57-59(53,54)56-35-34-47(3,4)5)37-55-45(51)30-27-26-29-41-42(44(50)36-43(41)49)33-32-39(48)28-24-9-7-2/h12-13,15-16,18-19,21-22,26-27,32-33,39-44,48-50H,6-11,14,17,20,23-25,28-31,34-38H2,1-5H3/b13-12-,16-15-,19-18-,22-21-,27-26-,33-32+/t39-,40-,41+,42-,43+,44-/m1/s1. The monoisotopic (exact) mass is 852 g/mol. The molecule has 59 heavy (non-hydrogen) atoms. The third-order valence-electron chi connectivity index (χ3n) is 9.80. The van der Waals surface area contributed by atoms with Gasteiger partial charge in [0.05, 0.1) is 52.5 Å². The zero-order valence-electron chi connectivity index (χ0n) is 36.7. The molecule has 0 aromatic carbocycles. The lowest BCUT2D eigenvalue weighted by atomic mass is 9.89. The molecule has 0 bridgehead atoms. The van der Waals surface area contributed by atoms with Crippen LogP contribution in [0.1, 0.15) is 123 Å². The minimum absolute atomic E-state index is 0.0793. The van der Waals surface area contributed by atoms with Crippen LogP contribution in [0.2, 0.25) is 0 Å². The van der Waals surface area contributed by atoms with E-state index in [4.69, 9.17) is 18.5 Å². The predicted molar refractivity (Wildman–Crippen MR) is 233 cm³/mol. The van der Waals surface area contributed by atoms with Gasteiger partial charge in [0.15, 0.2) is 6.10 Å². The lowest BCUT2D eigenvalue weighted by molar-refractivity contribution is -0.870. The number of quaternary nitrogens is 1. The summed E-state index contributed by atoms with van der Waals surface area (Å²) in [5.74, 6) is -1.83. The lowest BCUT2D eigenvalue weighted by Crippen LogP contribution is -2.37. The molecule has 0 aromatic rings. The minimum Gasteiger partial charge on any atom is -0.756 e. The fourth-order valence-corrected chi connectivity index (χ4v) is 6.99. The molecule has 0 heterocycles. The first-order chi connectivity index (χ1) is 28.2. The van der Waals surface area contributed by atoms with Crippen LogP contribution in [-0.4, -0.2) is 104 Å². The SMILES string of the molecule is CCCCC/C=C\C/C=C\C/C=C\C/C=C\CCCC(=O)O[C@H](COC(=O)C/C=C\C[C@H]1[C@@H](/C=C/[C@H](O)CCCCC)[C@H](O)C[C@@H]1O)COP(=O)([O-])OCC[N+](C)(C)C. The van der Waals surface area contributed by atoms with Crippen molar-refractivity contribution in [2.24, 2.45) is 11.8 Å². The smallest absolute Gasteiger partial charge is 0.309 e. The number of allylic oxidation sites excluding steroid dienone is 9. The van der Waals surface area contributed by atoms with E-state index < -0.39 is 57.4 Å². The summed E-state index contributed by atoms with van der Waals surface area (Å²) in [6.45, 7) is 3.62. The van der Waals surface area contributed by atoms with Crippen molar-refractivity contribution in [3.8, 4) is 0 Å². The van der Waals surface area contributed by atoms with Crippen LogP contribution < -0.4 is 4.89 Å². The summed E-state index contributed by atoms with van der Waals surface area (Å²) in [5, 5.41) is 31.4. The van der Waals surface area contributed by atoms with Crippen LogP contribution in [0.25, 0.3) is 0 Å². The van der Waals surface area contributed by atoms with Gasteiger partial charge >= 0.3 is 11.9 Å². The van der Waals surface area contributed by atoms with Crippen LogP contribution in [0.5, 0.6) is 0 Å². The Labute approximate surface area is 355 Å². The molecule has 1 aliphatic rings. The maximum Gasteiger partial charge on any atom is 0.309 e. The Morgan fingerprint density at radius 3 is 2.02 bits per heavy atom. The average Bonchev–Trinajstić information content (AvgIpc) is 3.44. The highest BCUT2D eigenvalue weighted by Gasteiger charge is 2.39. The van der Waals surface area contributed by atoms with Crippen molar-refractivity contribution < 1.29 is 57.4 Å². The summed E-state index contributed by atoms with van der Waals surface area (Å²) in [6, 6.07) is 0. The maximum absolute atomic E-state index is 12.7. The number of unbranched alkanes of at least 4 members (excludes halogenated alkanes) is 6. The van der Waals surface area contributed by atoms with Crippen LogP contribution in [0.15, 0.2) is 72.9 Å². The number of nitrogens with zero attached hydrogens (tertiary/aromatic N) is 1. The van der Waals surface area contributed by atoms with Gasteiger partial charge in [0.1, 0.15) is 19.8 Å². The minimum atomic E-state index is -4.72. The average molecular weight is 852 g/mol. The number of hydrogen-bond donors (Lipinski definition) is 3. The number of carbonyl (C=O) groups is 2. The second-order valence-corrected chi connectivity index (χ2v) is 17.7. The molecule has 0 aliphatic heterocycles. The number of carbonyl (C=O) groups excluding carboxylic acids is 2. The fourth-order valence-electron chi connectivity index (χ4n) is 6.26. The zero-order chi connectivity index (χ0) is 43.8. The highest BCUT2D eigenvalue weighted by Crippen LogP contribution is 2.38. The van der Waals surface area contributed by atoms with Gasteiger partial charge in [0.2, 0.25) is 0 Å². The summed E-state index contributed by atoms with van der Waals surface area (Å²) < 4.78 is 33.7. The van der Waals surface area contributed by atoms with Crippen molar-refractivity contribution in [2.75, 3.05) is 47.5 Å². The third kappa shape index (κ3) is 30.1. The Hall–Kier alpha value is -2.67. The van der Waals surface area contributed by atoms with Gasteiger partial charge in [0, 0.05) is 18.8 Å². The molecule has 0 spiro atoms. The number of aliphatic hydroxyl groups excluding tert-OH is 3. The van der Waals surface area contributed by atoms with Gasteiger partial charge in [-0.05, 0) is 63.7 Å². The van der Waals surface area contributed by atoms with Crippen LogP contribution in [0, 0.1) is 11.8 Å². The second kappa shape index (κ2) is 33.0. The Morgan fingerprint density at radius 1 is 0.780 bits per heavy atom. The fraction of sp³-hybridized carbons (Fsp3) is 0.696. The number of ether oxygens (including phenoxy) is 2. The largest absolute Gasteiger partial charge is 0.756 e. The number of aliphatic hydroxyl groups is 3. The van der Waals surface area contributed by atoms with Gasteiger partial charge in [-0.3, -0.25) is 14.2 Å². The van der Waals surface area contributed by atoms with Crippen LogP contribution in [-0.2, 0) is 32.7 Å². The normalized spacial score (nSPS) is 21.2. The van der Waals surface area contributed by atoms with Crippen LogP contribution in [0.3, 0.4) is 0 Å². The molecule has 0 radical (unpaired) electrons. The van der Waals surface area contributed by atoms with Gasteiger partial charge in [-0.15, -0.1) is 0 Å². The third-order valence-corrected chi connectivity index (χ3v) is 10.8. The van der Waals surface area contributed by atoms with Gasteiger partial charge in [-0.25, -0.2) is 0 Å². The summed E-state index contributed by atoms with van der Waals surface area (Å²) in [6.07, 6.45) is 33.6. The molecule has 0 saturated heterocycles. The van der Waals surface area contributed by atoms with Gasteiger partial charge in [-0.2, -0.15) is 0 Å². The topological polar surface area (TPSA) is 172 Å². The number of hydrogen-bond acceptors (Lipinski definition) is 11. The molecule has 1 aliphatic carbocycles. The number of esters is 2. The first-order valence-corrected chi connectivity index (χ1v) is 23.4. The first kappa shape index (κ1) is 54.3. The lowest BCUT2D eigenvalue weighted by Gasteiger charge is -2.28. The molecule has 1 fully saturated rings. The molecule has 3 N–H and O–H groups in total. The molecular weight excluding hydrogens is 773 g/mol.